The molecule has 1 aromatic rings. The van der Waals surface area contributed by atoms with E-state index in [1.54, 1.807) is 7.11 Å². The Morgan fingerprint density at radius 3 is 2.88 bits per heavy atom. The molecule has 0 saturated carbocycles. The molecule has 0 bridgehead atoms. The van der Waals surface area contributed by atoms with E-state index >= 15 is 0 Å². The van der Waals surface area contributed by atoms with Gasteiger partial charge in [0.05, 0.1) is 13.2 Å². The van der Waals surface area contributed by atoms with Gasteiger partial charge in [-0.1, -0.05) is 13.8 Å². The molecule has 17 heavy (non-hydrogen) atoms. The molecular formula is C10H19N5O2. The number of amides is 1. The Hall–Kier alpha value is -1.50. The number of carbonyl (C=O) groups is 1. The van der Waals surface area contributed by atoms with Gasteiger partial charge in [0.15, 0.2) is 0 Å². The number of ether oxygens (including phenoxy) is 1. The minimum Gasteiger partial charge on any atom is -0.384 e. The van der Waals surface area contributed by atoms with Crippen molar-refractivity contribution in [2.24, 2.45) is 5.41 Å². The van der Waals surface area contributed by atoms with Crippen LogP contribution in [0.2, 0.25) is 0 Å². The average Bonchev–Trinajstić information content (AvgIpc) is 2.76. The van der Waals surface area contributed by atoms with Gasteiger partial charge in [-0.05, 0) is 10.4 Å². The molecule has 0 fully saturated rings. The van der Waals surface area contributed by atoms with Crippen LogP contribution in [-0.2, 0) is 16.1 Å². The average molecular weight is 241 g/mol. The molecule has 0 aromatic carbocycles. The first-order chi connectivity index (χ1) is 8.03. The molecule has 7 heteroatoms. The highest BCUT2D eigenvalue weighted by Gasteiger charge is 2.18. The zero-order valence-electron chi connectivity index (χ0n) is 10.5. The molecule has 0 atom stereocenters. The van der Waals surface area contributed by atoms with Gasteiger partial charge in [-0.25, -0.2) is 4.68 Å². The van der Waals surface area contributed by atoms with Crippen LogP contribution < -0.4 is 5.32 Å². The van der Waals surface area contributed by atoms with Gasteiger partial charge in [-0.2, -0.15) is 0 Å². The number of hydrogen-bond acceptors (Lipinski definition) is 5. The molecule has 1 N–H and O–H groups in total. The molecule has 0 radical (unpaired) electrons. The third-order valence-corrected chi connectivity index (χ3v) is 2.26. The molecule has 1 amide bonds. The number of rotatable bonds is 7. The molecule has 0 aliphatic rings. The highest BCUT2D eigenvalue weighted by Crippen LogP contribution is 2.13. The second-order valence-corrected chi connectivity index (χ2v) is 4.70. The van der Waals surface area contributed by atoms with E-state index < -0.39 is 0 Å². The summed E-state index contributed by atoms with van der Waals surface area (Å²) in [7, 11) is 1.65. The van der Waals surface area contributed by atoms with Crippen LogP contribution in [0.3, 0.4) is 0 Å². The molecule has 96 valence electrons. The summed E-state index contributed by atoms with van der Waals surface area (Å²) in [5.41, 5.74) is -0.0563. The third-order valence-electron chi connectivity index (χ3n) is 2.26. The summed E-state index contributed by atoms with van der Waals surface area (Å²) >= 11 is 0. The second kappa shape index (κ2) is 6.29. The molecule has 1 heterocycles. The molecular weight excluding hydrogens is 222 g/mol. The van der Waals surface area contributed by atoms with Crippen molar-refractivity contribution in [1.29, 1.82) is 0 Å². The van der Waals surface area contributed by atoms with Gasteiger partial charge in [-0.15, -0.1) is 5.10 Å². The summed E-state index contributed by atoms with van der Waals surface area (Å²) < 4.78 is 6.60. The van der Waals surface area contributed by atoms with Crippen LogP contribution in [0, 0.1) is 5.41 Å². The number of nitrogens with one attached hydrogen (secondary N) is 1. The first-order valence-corrected chi connectivity index (χ1v) is 5.50. The monoisotopic (exact) mass is 241 g/mol. The topological polar surface area (TPSA) is 81.9 Å². The van der Waals surface area contributed by atoms with Crippen molar-refractivity contribution in [3.05, 3.63) is 6.33 Å². The summed E-state index contributed by atoms with van der Waals surface area (Å²) in [5.74, 6) is -0.00956. The van der Waals surface area contributed by atoms with E-state index in [-0.39, 0.29) is 11.3 Å². The molecule has 1 rings (SSSR count). The first kappa shape index (κ1) is 13.6. The highest BCUT2D eigenvalue weighted by molar-refractivity contribution is 5.75. The van der Waals surface area contributed by atoms with Gasteiger partial charge >= 0.3 is 0 Å². The number of nitrogens with zero attached hydrogens (tertiary/aromatic N) is 4. The number of carbonyl (C=O) groups excluding carboxylic acids is 1. The fraction of sp³-hybridized carbons (Fsp3) is 0.800. The summed E-state index contributed by atoms with van der Waals surface area (Å²) in [6, 6.07) is 0. The maximum atomic E-state index is 11.6. The van der Waals surface area contributed by atoms with Crippen LogP contribution in [0.4, 0.5) is 0 Å². The van der Waals surface area contributed by atoms with Crippen LogP contribution in [0.15, 0.2) is 6.33 Å². The smallest absolute Gasteiger partial charge is 0.221 e. The van der Waals surface area contributed by atoms with E-state index in [0.717, 1.165) is 0 Å². The van der Waals surface area contributed by atoms with Crippen LogP contribution in [0.25, 0.3) is 0 Å². The Bertz CT molecular complexity index is 336. The van der Waals surface area contributed by atoms with Gasteiger partial charge in [0.25, 0.3) is 0 Å². The molecule has 0 aliphatic carbocycles. The molecule has 1 aromatic heterocycles. The summed E-state index contributed by atoms with van der Waals surface area (Å²) in [4.78, 5) is 11.6. The van der Waals surface area contributed by atoms with Crippen molar-refractivity contribution in [3.63, 3.8) is 0 Å². The van der Waals surface area contributed by atoms with Crippen LogP contribution in [0.5, 0.6) is 0 Å². The zero-order valence-corrected chi connectivity index (χ0v) is 10.5. The standard InChI is InChI=1S/C10H19N5O2/c1-10(2,7-17-3)6-11-9(16)4-5-15-8-12-13-14-15/h8H,4-7H2,1-3H3,(H,11,16). The lowest BCUT2D eigenvalue weighted by molar-refractivity contribution is -0.121. The number of aryl methyl sites for hydroxylation is 1. The third kappa shape index (κ3) is 5.39. The van der Waals surface area contributed by atoms with Crippen LogP contribution >= 0.6 is 0 Å². The van der Waals surface area contributed by atoms with E-state index in [0.29, 0.717) is 26.1 Å². The number of aromatic nitrogens is 4. The first-order valence-electron chi connectivity index (χ1n) is 5.50. The molecule has 0 aliphatic heterocycles. The van der Waals surface area contributed by atoms with Gasteiger partial charge in [0.1, 0.15) is 6.33 Å². The molecule has 0 spiro atoms. The van der Waals surface area contributed by atoms with E-state index in [2.05, 4.69) is 20.8 Å². The zero-order chi connectivity index (χ0) is 12.7. The Labute approximate surface area is 101 Å². The van der Waals surface area contributed by atoms with E-state index in [9.17, 15) is 4.79 Å². The van der Waals surface area contributed by atoms with Crippen molar-refractivity contribution >= 4 is 5.91 Å². The minimum atomic E-state index is -0.0563. The summed E-state index contributed by atoms with van der Waals surface area (Å²) in [6.07, 6.45) is 1.86. The maximum Gasteiger partial charge on any atom is 0.221 e. The number of methoxy groups -OCH3 is 1. The van der Waals surface area contributed by atoms with E-state index in [4.69, 9.17) is 4.74 Å². The Balaban J connectivity index is 2.21. The van der Waals surface area contributed by atoms with Crippen LogP contribution in [-0.4, -0.2) is 46.4 Å². The SMILES string of the molecule is COCC(C)(C)CNC(=O)CCn1cnnn1. The Morgan fingerprint density at radius 1 is 1.53 bits per heavy atom. The molecule has 7 nitrogen and oxygen atoms in total. The second-order valence-electron chi connectivity index (χ2n) is 4.70. The highest BCUT2D eigenvalue weighted by atomic mass is 16.5. The lowest BCUT2D eigenvalue weighted by atomic mass is 9.95. The fourth-order valence-electron chi connectivity index (χ4n) is 1.37. The number of hydrogen-bond donors (Lipinski definition) is 1. The van der Waals surface area contributed by atoms with Gasteiger partial charge < -0.3 is 10.1 Å². The molecule has 0 unspecified atom stereocenters. The van der Waals surface area contributed by atoms with Crippen molar-refractivity contribution in [2.75, 3.05) is 20.3 Å². The van der Waals surface area contributed by atoms with Crippen molar-refractivity contribution < 1.29 is 9.53 Å². The predicted molar refractivity (Wildman–Crippen MR) is 61.1 cm³/mol. The Morgan fingerprint density at radius 2 is 2.29 bits per heavy atom. The number of tetrazole rings is 1. The largest absolute Gasteiger partial charge is 0.384 e. The van der Waals surface area contributed by atoms with Gasteiger partial charge in [0, 0.05) is 25.5 Å². The maximum absolute atomic E-state index is 11.6. The summed E-state index contributed by atoms with van der Waals surface area (Å²) in [5, 5.41) is 13.5. The van der Waals surface area contributed by atoms with Crippen molar-refractivity contribution in [1.82, 2.24) is 25.5 Å². The van der Waals surface area contributed by atoms with Crippen molar-refractivity contribution in [2.45, 2.75) is 26.8 Å². The van der Waals surface area contributed by atoms with E-state index in [1.165, 1.54) is 11.0 Å². The van der Waals surface area contributed by atoms with Crippen LogP contribution in [0.1, 0.15) is 20.3 Å². The Kier molecular flexibility index (Phi) is 5.02. The normalized spacial score (nSPS) is 11.5. The lowest BCUT2D eigenvalue weighted by Crippen LogP contribution is -2.36. The van der Waals surface area contributed by atoms with E-state index in [1.807, 2.05) is 13.8 Å². The molecule has 0 saturated heterocycles. The minimum absolute atomic E-state index is 0.00956. The lowest BCUT2D eigenvalue weighted by Gasteiger charge is -2.23. The predicted octanol–water partition coefficient (Wildman–Crippen LogP) is -0.148. The fourth-order valence-corrected chi connectivity index (χ4v) is 1.37. The van der Waals surface area contributed by atoms with Gasteiger partial charge in [-0.3, -0.25) is 4.79 Å². The quantitative estimate of drug-likeness (QED) is 0.718. The van der Waals surface area contributed by atoms with Gasteiger partial charge in [0.2, 0.25) is 5.91 Å². The van der Waals surface area contributed by atoms with Crippen molar-refractivity contribution in [3.8, 4) is 0 Å². The summed E-state index contributed by atoms with van der Waals surface area (Å²) in [6.45, 7) is 5.77.